The van der Waals surface area contributed by atoms with Gasteiger partial charge in [0.15, 0.2) is 0 Å². The molecule has 1 aliphatic rings. The maximum absolute atomic E-state index is 2.63. The van der Waals surface area contributed by atoms with Crippen molar-refractivity contribution < 1.29 is 0 Å². The Labute approximate surface area is 197 Å². The van der Waals surface area contributed by atoms with Gasteiger partial charge in [0.2, 0.25) is 0 Å². The standard InChI is InChI=1S/C29H58N2/c1-4-7-9-11-12-13-14-15-16-17-18-19-20-22-24-26-31-28-27-30(6-3)29(31)25-23-21-10-8-5-2/h27-29H,4-26H2,1-3H3. The molecule has 0 aromatic rings. The van der Waals surface area contributed by atoms with Crippen LogP contribution in [0.2, 0.25) is 0 Å². The van der Waals surface area contributed by atoms with E-state index >= 15 is 0 Å². The van der Waals surface area contributed by atoms with E-state index in [0.29, 0.717) is 6.17 Å². The van der Waals surface area contributed by atoms with Crippen LogP contribution < -0.4 is 0 Å². The van der Waals surface area contributed by atoms with E-state index in [9.17, 15) is 0 Å². The van der Waals surface area contributed by atoms with Crippen LogP contribution in [0.4, 0.5) is 0 Å². The van der Waals surface area contributed by atoms with Crippen LogP contribution >= 0.6 is 0 Å². The van der Waals surface area contributed by atoms with E-state index in [1.165, 1.54) is 141 Å². The number of unbranched alkanes of at least 4 members (excludes halogenated alkanes) is 18. The average molecular weight is 435 g/mol. The van der Waals surface area contributed by atoms with Gasteiger partial charge in [-0.1, -0.05) is 129 Å². The third kappa shape index (κ3) is 14.9. The minimum Gasteiger partial charge on any atom is -0.356 e. The molecule has 2 heteroatoms. The van der Waals surface area contributed by atoms with Gasteiger partial charge in [0.05, 0.1) is 0 Å². The summed E-state index contributed by atoms with van der Waals surface area (Å²) in [5.74, 6) is 0. The van der Waals surface area contributed by atoms with E-state index in [4.69, 9.17) is 0 Å². The van der Waals surface area contributed by atoms with Crippen molar-refractivity contribution >= 4 is 0 Å². The van der Waals surface area contributed by atoms with E-state index in [1.54, 1.807) is 0 Å². The molecular formula is C29H58N2. The molecule has 1 heterocycles. The highest BCUT2D eigenvalue weighted by Crippen LogP contribution is 2.22. The first kappa shape index (κ1) is 28.4. The van der Waals surface area contributed by atoms with Gasteiger partial charge in [-0.2, -0.15) is 0 Å². The summed E-state index contributed by atoms with van der Waals surface area (Å²) in [6.07, 6.45) is 35.4. The lowest BCUT2D eigenvalue weighted by Gasteiger charge is -2.32. The van der Waals surface area contributed by atoms with Crippen LogP contribution in [0.15, 0.2) is 12.4 Å². The largest absolute Gasteiger partial charge is 0.356 e. The Morgan fingerprint density at radius 3 is 1.29 bits per heavy atom. The smallest absolute Gasteiger partial charge is 0.101 e. The summed E-state index contributed by atoms with van der Waals surface area (Å²) in [7, 11) is 0. The highest BCUT2D eigenvalue weighted by molar-refractivity contribution is 4.96. The Hall–Kier alpha value is -0.660. The molecule has 0 N–H and O–H groups in total. The third-order valence-corrected chi connectivity index (χ3v) is 7.17. The molecule has 31 heavy (non-hydrogen) atoms. The van der Waals surface area contributed by atoms with Crippen LogP contribution in [0, 0.1) is 0 Å². The normalized spacial score (nSPS) is 16.0. The molecule has 0 amide bonds. The molecule has 1 atom stereocenters. The molecule has 0 spiro atoms. The van der Waals surface area contributed by atoms with Crippen molar-refractivity contribution in [2.24, 2.45) is 0 Å². The van der Waals surface area contributed by atoms with Gasteiger partial charge in [0, 0.05) is 25.5 Å². The van der Waals surface area contributed by atoms with Crippen LogP contribution in [-0.4, -0.2) is 29.1 Å². The molecular weight excluding hydrogens is 376 g/mol. The Bertz CT molecular complexity index is 392. The van der Waals surface area contributed by atoms with Crippen molar-refractivity contribution in [2.75, 3.05) is 13.1 Å². The molecule has 0 saturated carbocycles. The van der Waals surface area contributed by atoms with Gasteiger partial charge in [0.1, 0.15) is 6.17 Å². The first-order valence-corrected chi connectivity index (χ1v) is 14.5. The molecule has 0 aliphatic carbocycles. The van der Waals surface area contributed by atoms with Crippen molar-refractivity contribution in [3.63, 3.8) is 0 Å². The van der Waals surface area contributed by atoms with Crippen molar-refractivity contribution in [2.45, 2.75) is 162 Å². The molecule has 1 unspecified atom stereocenters. The molecule has 0 bridgehead atoms. The van der Waals surface area contributed by atoms with Crippen molar-refractivity contribution in [1.82, 2.24) is 9.80 Å². The topological polar surface area (TPSA) is 6.48 Å². The van der Waals surface area contributed by atoms with Gasteiger partial charge < -0.3 is 9.80 Å². The predicted octanol–water partition coefficient (Wildman–Crippen LogP) is 9.65. The lowest BCUT2D eigenvalue weighted by molar-refractivity contribution is 0.142. The highest BCUT2D eigenvalue weighted by Gasteiger charge is 2.23. The summed E-state index contributed by atoms with van der Waals surface area (Å²) in [6, 6.07) is 0. The highest BCUT2D eigenvalue weighted by atomic mass is 15.4. The Balaban J connectivity index is 1.93. The van der Waals surface area contributed by atoms with Crippen LogP contribution in [0.3, 0.4) is 0 Å². The maximum atomic E-state index is 2.63. The van der Waals surface area contributed by atoms with Crippen molar-refractivity contribution in [3.05, 3.63) is 12.4 Å². The number of nitrogens with zero attached hydrogens (tertiary/aromatic N) is 2. The van der Waals surface area contributed by atoms with Gasteiger partial charge in [-0.25, -0.2) is 0 Å². The Morgan fingerprint density at radius 1 is 0.452 bits per heavy atom. The molecule has 0 fully saturated rings. The van der Waals surface area contributed by atoms with Gasteiger partial charge in [0.25, 0.3) is 0 Å². The molecule has 0 radical (unpaired) electrons. The lowest BCUT2D eigenvalue weighted by Crippen LogP contribution is -2.38. The molecule has 0 saturated heterocycles. The van der Waals surface area contributed by atoms with E-state index in [-0.39, 0.29) is 0 Å². The molecule has 0 aromatic heterocycles. The van der Waals surface area contributed by atoms with Gasteiger partial charge in [-0.3, -0.25) is 0 Å². The molecule has 1 rings (SSSR count). The minimum atomic E-state index is 0.637. The SMILES string of the molecule is CCCCCCCCCCCCCCCCCN1C=CN(CC)C1CCCCCCC. The second-order valence-corrected chi connectivity index (χ2v) is 10.00. The van der Waals surface area contributed by atoms with Gasteiger partial charge in [-0.05, 0) is 26.2 Å². The van der Waals surface area contributed by atoms with Crippen LogP contribution in [0.25, 0.3) is 0 Å². The molecule has 184 valence electrons. The second kappa shape index (κ2) is 21.2. The number of rotatable bonds is 23. The summed E-state index contributed by atoms with van der Waals surface area (Å²) in [6.45, 7) is 9.30. The van der Waals surface area contributed by atoms with Gasteiger partial charge >= 0.3 is 0 Å². The third-order valence-electron chi connectivity index (χ3n) is 7.17. The summed E-state index contributed by atoms with van der Waals surface area (Å²) in [5, 5.41) is 0. The quantitative estimate of drug-likeness (QED) is 0.148. The van der Waals surface area contributed by atoms with Gasteiger partial charge in [-0.15, -0.1) is 0 Å². The first-order valence-electron chi connectivity index (χ1n) is 14.5. The van der Waals surface area contributed by atoms with E-state index in [0.717, 1.165) is 6.54 Å². The molecule has 0 aromatic carbocycles. The number of hydrogen-bond acceptors (Lipinski definition) is 2. The first-order chi connectivity index (χ1) is 15.3. The van der Waals surface area contributed by atoms with E-state index in [1.807, 2.05) is 0 Å². The summed E-state index contributed by atoms with van der Waals surface area (Å²) >= 11 is 0. The van der Waals surface area contributed by atoms with Crippen LogP contribution in [0.5, 0.6) is 0 Å². The summed E-state index contributed by atoms with van der Waals surface area (Å²) in [4.78, 5) is 5.18. The second-order valence-electron chi connectivity index (χ2n) is 10.00. The van der Waals surface area contributed by atoms with Crippen molar-refractivity contribution in [3.8, 4) is 0 Å². The lowest BCUT2D eigenvalue weighted by atomic mass is 10.0. The number of hydrogen-bond donors (Lipinski definition) is 0. The molecule has 1 aliphatic heterocycles. The zero-order chi connectivity index (χ0) is 22.4. The fourth-order valence-corrected chi connectivity index (χ4v) is 5.03. The Morgan fingerprint density at radius 2 is 0.839 bits per heavy atom. The average Bonchev–Trinajstić information content (AvgIpc) is 3.18. The fourth-order valence-electron chi connectivity index (χ4n) is 5.03. The van der Waals surface area contributed by atoms with Crippen LogP contribution in [-0.2, 0) is 0 Å². The van der Waals surface area contributed by atoms with Crippen LogP contribution in [0.1, 0.15) is 156 Å². The van der Waals surface area contributed by atoms with E-state index < -0.39 is 0 Å². The summed E-state index contributed by atoms with van der Waals surface area (Å²) in [5.41, 5.74) is 0. The van der Waals surface area contributed by atoms with E-state index in [2.05, 4.69) is 43.0 Å². The zero-order valence-electron chi connectivity index (χ0n) is 21.9. The van der Waals surface area contributed by atoms with Crippen molar-refractivity contribution in [1.29, 1.82) is 0 Å². The minimum absolute atomic E-state index is 0.637. The maximum Gasteiger partial charge on any atom is 0.101 e. The predicted molar refractivity (Wildman–Crippen MR) is 140 cm³/mol. The zero-order valence-corrected chi connectivity index (χ0v) is 21.9. The molecule has 2 nitrogen and oxygen atoms in total. The monoisotopic (exact) mass is 434 g/mol. The Kier molecular flexibility index (Phi) is 19.4. The fraction of sp³-hybridized carbons (Fsp3) is 0.931. The summed E-state index contributed by atoms with van der Waals surface area (Å²) < 4.78 is 0.